The molecule has 25 heavy (non-hydrogen) atoms. The first-order valence-electron chi connectivity index (χ1n) is 7.87. The highest BCUT2D eigenvalue weighted by molar-refractivity contribution is 8.06. The average Bonchev–Trinajstić information content (AvgIpc) is 2.78. The normalized spacial score (nSPS) is 29.7. The minimum absolute atomic E-state index is 0.192. The summed E-state index contributed by atoms with van der Waals surface area (Å²) < 4.78 is -0.669. The maximum Gasteiger partial charge on any atom is 0.341 e. The number of benzene rings is 1. The number of aliphatic carboxylic acids is 1. The topological polar surface area (TPSA) is 86.7 Å². The molecule has 134 valence electrons. The minimum Gasteiger partial charge on any atom is -0.479 e. The Bertz CT molecular complexity index is 725. The molecule has 1 aromatic rings. The van der Waals surface area contributed by atoms with E-state index in [1.165, 1.54) is 16.7 Å². The van der Waals surface area contributed by atoms with E-state index in [2.05, 4.69) is 5.32 Å². The summed E-state index contributed by atoms with van der Waals surface area (Å²) in [4.78, 5) is 36.9. The zero-order valence-electron chi connectivity index (χ0n) is 14.2. The van der Waals surface area contributed by atoms with E-state index in [1.807, 2.05) is 44.2 Å². The molecule has 0 unspecified atom stereocenters. The smallest absolute Gasteiger partial charge is 0.341 e. The number of fused-ring (bicyclic) bond motifs is 1. The summed E-state index contributed by atoms with van der Waals surface area (Å²) in [6.45, 7) is 3.66. The van der Waals surface area contributed by atoms with E-state index >= 15 is 0 Å². The second kappa shape index (κ2) is 6.25. The molecule has 2 fully saturated rings. The SMILES string of the molecule is CS[C@@]1(C(=O)O)N2C(=O)[C@H](NC(=O)Cc3ccccc3)[C@H]2SC1(C)C. The summed E-state index contributed by atoms with van der Waals surface area (Å²) in [5, 5.41) is 12.2. The van der Waals surface area contributed by atoms with Gasteiger partial charge >= 0.3 is 5.97 Å². The highest BCUT2D eigenvalue weighted by Gasteiger charge is 2.73. The Hall–Kier alpha value is -1.67. The Morgan fingerprint density at radius 1 is 1.32 bits per heavy atom. The lowest BCUT2D eigenvalue weighted by atomic mass is 9.95. The fourth-order valence-corrected chi connectivity index (χ4v) is 6.69. The van der Waals surface area contributed by atoms with Crippen LogP contribution in [0.1, 0.15) is 19.4 Å². The Morgan fingerprint density at radius 2 is 1.96 bits per heavy atom. The van der Waals surface area contributed by atoms with E-state index < -0.39 is 21.6 Å². The zero-order valence-corrected chi connectivity index (χ0v) is 15.8. The molecule has 2 N–H and O–H groups in total. The van der Waals surface area contributed by atoms with Gasteiger partial charge in [0.1, 0.15) is 11.4 Å². The van der Waals surface area contributed by atoms with Crippen molar-refractivity contribution in [3.05, 3.63) is 35.9 Å². The molecule has 3 atom stereocenters. The number of β-lactam (4-membered cyclic amide) rings is 1. The number of rotatable bonds is 5. The number of hydrogen-bond donors (Lipinski definition) is 2. The fraction of sp³-hybridized carbons (Fsp3) is 0.471. The molecule has 0 spiro atoms. The summed E-state index contributed by atoms with van der Waals surface area (Å²) in [6.07, 6.45) is 1.89. The van der Waals surface area contributed by atoms with Crippen molar-refractivity contribution in [2.45, 2.75) is 41.3 Å². The van der Waals surface area contributed by atoms with Crippen molar-refractivity contribution >= 4 is 41.3 Å². The van der Waals surface area contributed by atoms with Crippen molar-refractivity contribution in [3.63, 3.8) is 0 Å². The van der Waals surface area contributed by atoms with Crippen LogP contribution >= 0.6 is 23.5 Å². The van der Waals surface area contributed by atoms with Gasteiger partial charge in [-0.25, -0.2) is 4.79 Å². The molecule has 0 bridgehead atoms. The van der Waals surface area contributed by atoms with Gasteiger partial charge in [-0.05, 0) is 25.7 Å². The van der Waals surface area contributed by atoms with Crippen molar-refractivity contribution < 1.29 is 19.5 Å². The van der Waals surface area contributed by atoms with Crippen LogP contribution in [0.4, 0.5) is 0 Å². The van der Waals surface area contributed by atoms with Gasteiger partial charge in [-0.15, -0.1) is 23.5 Å². The van der Waals surface area contributed by atoms with Gasteiger partial charge in [0.2, 0.25) is 10.8 Å². The predicted octanol–water partition coefficient (Wildman–Crippen LogP) is 1.55. The molecule has 2 heterocycles. The molecule has 6 nitrogen and oxygen atoms in total. The third-order valence-electron chi connectivity index (χ3n) is 4.72. The van der Waals surface area contributed by atoms with E-state index in [1.54, 1.807) is 6.26 Å². The van der Waals surface area contributed by atoms with Gasteiger partial charge < -0.3 is 15.3 Å². The number of thioether (sulfide) groups is 2. The average molecular weight is 380 g/mol. The van der Waals surface area contributed by atoms with Crippen LogP contribution in [-0.4, -0.2) is 55.1 Å². The van der Waals surface area contributed by atoms with Crippen LogP contribution in [0.5, 0.6) is 0 Å². The quantitative estimate of drug-likeness (QED) is 0.754. The minimum atomic E-state index is -1.32. The third kappa shape index (κ3) is 2.62. The molecular weight excluding hydrogens is 360 g/mol. The van der Waals surface area contributed by atoms with Crippen molar-refractivity contribution in [1.29, 1.82) is 0 Å². The molecule has 8 heteroatoms. The first-order valence-corrected chi connectivity index (χ1v) is 9.98. The van der Waals surface area contributed by atoms with Crippen molar-refractivity contribution in [2.24, 2.45) is 0 Å². The predicted molar refractivity (Wildman–Crippen MR) is 98.3 cm³/mol. The monoisotopic (exact) mass is 380 g/mol. The molecule has 3 rings (SSSR count). The lowest BCUT2D eigenvalue weighted by molar-refractivity contribution is -0.163. The number of amides is 2. The molecule has 0 saturated carbocycles. The number of carboxylic acid groups (broad SMARTS) is 1. The Balaban J connectivity index is 1.75. The van der Waals surface area contributed by atoms with E-state index in [0.29, 0.717) is 0 Å². The first kappa shape index (κ1) is 18.1. The zero-order chi connectivity index (χ0) is 18.4. The number of nitrogens with zero attached hydrogens (tertiary/aromatic N) is 1. The van der Waals surface area contributed by atoms with Crippen molar-refractivity contribution in [2.75, 3.05) is 6.26 Å². The van der Waals surface area contributed by atoms with Gasteiger partial charge in [-0.3, -0.25) is 9.59 Å². The molecule has 2 amide bonds. The van der Waals surface area contributed by atoms with E-state index in [9.17, 15) is 19.5 Å². The Labute approximate surface area is 154 Å². The van der Waals surface area contributed by atoms with Crippen LogP contribution in [0.15, 0.2) is 30.3 Å². The lowest BCUT2D eigenvalue weighted by Crippen LogP contribution is -2.74. The van der Waals surface area contributed by atoms with Crippen LogP contribution < -0.4 is 5.32 Å². The number of carbonyl (C=O) groups is 3. The molecule has 0 aromatic heterocycles. The van der Waals surface area contributed by atoms with Crippen LogP contribution in [-0.2, 0) is 20.8 Å². The lowest BCUT2D eigenvalue weighted by Gasteiger charge is -2.48. The van der Waals surface area contributed by atoms with Crippen LogP contribution in [0.3, 0.4) is 0 Å². The molecule has 1 aromatic carbocycles. The van der Waals surface area contributed by atoms with E-state index in [4.69, 9.17) is 0 Å². The van der Waals surface area contributed by atoms with Crippen LogP contribution in [0.2, 0.25) is 0 Å². The van der Waals surface area contributed by atoms with Crippen LogP contribution in [0, 0.1) is 0 Å². The van der Waals surface area contributed by atoms with Crippen molar-refractivity contribution in [3.8, 4) is 0 Å². The Morgan fingerprint density at radius 3 is 2.52 bits per heavy atom. The molecule has 0 aliphatic carbocycles. The van der Waals surface area contributed by atoms with Gasteiger partial charge in [0.05, 0.1) is 11.2 Å². The van der Waals surface area contributed by atoms with Gasteiger partial charge in [-0.1, -0.05) is 30.3 Å². The van der Waals surface area contributed by atoms with E-state index in [-0.39, 0.29) is 23.6 Å². The molecule has 2 aliphatic heterocycles. The maximum atomic E-state index is 12.6. The summed E-state index contributed by atoms with van der Waals surface area (Å²) in [5.74, 6) is -1.59. The third-order valence-corrected chi connectivity index (χ3v) is 7.93. The Kier molecular flexibility index (Phi) is 4.53. The van der Waals surface area contributed by atoms with Crippen LogP contribution in [0.25, 0.3) is 0 Å². The van der Waals surface area contributed by atoms with Crippen molar-refractivity contribution in [1.82, 2.24) is 10.2 Å². The van der Waals surface area contributed by atoms with Gasteiger partial charge in [-0.2, -0.15) is 0 Å². The largest absolute Gasteiger partial charge is 0.479 e. The maximum absolute atomic E-state index is 12.6. The van der Waals surface area contributed by atoms with Gasteiger partial charge in [0, 0.05) is 0 Å². The second-order valence-corrected chi connectivity index (χ2v) is 9.33. The molecule has 0 radical (unpaired) electrons. The molecule has 2 aliphatic rings. The summed E-state index contributed by atoms with van der Waals surface area (Å²) >= 11 is 2.58. The molecule has 2 saturated heterocycles. The highest BCUT2D eigenvalue weighted by atomic mass is 32.2. The van der Waals surface area contributed by atoms with Gasteiger partial charge in [0.25, 0.3) is 5.91 Å². The number of hydrogen-bond acceptors (Lipinski definition) is 5. The summed E-state index contributed by atoms with van der Waals surface area (Å²) in [6, 6.07) is 8.62. The second-order valence-electron chi connectivity index (χ2n) is 6.59. The van der Waals surface area contributed by atoms with E-state index in [0.717, 1.165) is 17.3 Å². The fourth-order valence-electron chi connectivity index (χ4n) is 3.52. The number of carboxylic acids is 1. The standard InChI is InChI=1S/C17H20N2O4S2/c1-16(2)17(24-3,15(22)23)19-13(21)12(14(19)25-16)18-11(20)9-10-7-5-4-6-8-10/h4-8,12,14H,9H2,1-3H3,(H,18,20)(H,22,23)/t12-,14+,17+/m0/s1. The highest BCUT2D eigenvalue weighted by Crippen LogP contribution is 2.60. The number of nitrogens with one attached hydrogen (secondary N) is 1. The summed E-state index contributed by atoms with van der Waals surface area (Å²) in [5.41, 5.74) is 0.868. The number of carbonyl (C=O) groups excluding carboxylic acids is 2. The van der Waals surface area contributed by atoms with Gasteiger partial charge in [0.15, 0.2) is 0 Å². The first-order chi connectivity index (χ1) is 11.7. The summed E-state index contributed by atoms with van der Waals surface area (Å²) in [7, 11) is 0. The molecular formula is C17H20N2O4S2.